The van der Waals surface area contributed by atoms with Crippen molar-refractivity contribution in [2.75, 3.05) is 0 Å². The van der Waals surface area contributed by atoms with Crippen LogP contribution in [0.1, 0.15) is 43.7 Å². The zero-order valence-corrected chi connectivity index (χ0v) is 11.3. The van der Waals surface area contributed by atoms with Gasteiger partial charge in [-0.3, -0.25) is 0 Å². The zero-order valence-electron chi connectivity index (χ0n) is 9.76. The fraction of sp³-hybridized carbons (Fsp3) is 0.571. The molecule has 17 heavy (non-hydrogen) atoms. The quantitative estimate of drug-likeness (QED) is 0.787. The van der Waals surface area contributed by atoms with Crippen LogP contribution in [0.3, 0.4) is 0 Å². The summed E-state index contributed by atoms with van der Waals surface area (Å²) in [5.74, 6) is 0.848. The summed E-state index contributed by atoms with van der Waals surface area (Å²) in [6.45, 7) is 0. The van der Waals surface area contributed by atoms with Crippen LogP contribution < -0.4 is 5.32 Å². The van der Waals surface area contributed by atoms with E-state index in [0.29, 0.717) is 17.1 Å². The number of hydrogen-bond donors (Lipinski definition) is 1. The third-order valence-corrected chi connectivity index (χ3v) is 4.76. The molecule has 0 spiro atoms. The van der Waals surface area contributed by atoms with Gasteiger partial charge in [0, 0.05) is 22.1 Å². The lowest BCUT2D eigenvalue weighted by Crippen LogP contribution is -2.30. The van der Waals surface area contributed by atoms with Gasteiger partial charge >= 0.3 is 0 Å². The SMILES string of the molecule is Clc1ccc(C2CC3CCCCC3N2)c(Cl)c1. The zero-order chi connectivity index (χ0) is 11.8. The van der Waals surface area contributed by atoms with Crippen LogP contribution in [0, 0.1) is 5.92 Å². The molecule has 1 heterocycles. The van der Waals surface area contributed by atoms with Gasteiger partial charge in [0.1, 0.15) is 0 Å². The van der Waals surface area contributed by atoms with E-state index in [1.165, 1.54) is 37.7 Å². The van der Waals surface area contributed by atoms with Gasteiger partial charge in [0.15, 0.2) is 0 Å². The minimum atomic E-state index is 0.424. The number of fused-ring (bicyclic) bond motifs is 1. The van der Waals surface area contributed by atoms with Crippen LogP contribution in [-0.4, -0.2) is 6.04 Å². The molecule has 92 valence electrons. The van der Waals surface area contributed by atoms with Gasteiger partial charge in [0.05, 0.1) is 0 Å². The first kappa shape index (κ1) is 11.8. The Morgan fingerprint density at radius 3 is 2.71 bits per heavy atom. The molecule has 1 aromatic carbocycles. The molecule has 2 aliphatic rings. The maximum absolute atomic E-state index is 6.28. The van der Waals surface area contributed by atoms with Crippen LogP contribution in [-0.2, 0) is 0 Å². The van der Waals surface area contributed by atoms with Crippen LogP contribution in [0.15, 0.2) is 18.2 Å². The summed E-state index contributed by atoms with van der Waals surface area (Å²) >= 11 is 12.2. The predicted molar refractivity (Wildman–Crippen MR) is 72.7 cm³/mol. The number of hydrogen-bond acceptors (Lipinski definition) is 1. The molecule has 2 fully saturated rings. The Morgan fingerprint density at radius 1 is 1.12 bits per heavy atom. The molecule has 1 saturated carbocycles. The highest BCUT2D eigenvalue weighted by atomic mass is 35.5. The standard InChI is InChI=1S/C14H17Cl2N/c15-10-5-6-11(12(16)8-10)14-7-9-3-1-2-4-13(9)17-14/h5-6,8-9,13-14,17H,1-4,7H2. The molecule has 1 aliphatic carbocycles. The second-order valence-corrected chi connectivity index (χ2v) is 6.12. The van der Waals surface area contributed by atoms with Crippen molar-refractivity contribution in [3.63, 3.8) is 0 Å². The Bertz CT molecular complexity index is 405. The Kier molecular flexibility index (Phi) is 3.34. The van der Waals surface area contributed by atoms with Crippen LogP contribution in [0.5, 0.6) is 0 Å². The van der Waals surface area contributed by atoms with E-state index in [0.717, 1.165) is 10.9 Å². The van der Waals surface area contributed by atoms with Crippen molar-refractivity contribution in [3.8, 4) is 0 Å². The van der Waals surface area contributed by atoms with Gasteiger partial charge in [-0.1, -0.05) is 42.1 Å². The molecule has 1 aromatic rings. The monoisotopic (exact) mass is 269 g/mol. The summed E-state index contributed by atoms with van der Waals surface area (Å²) < 4.78 is 0. The molecule has 3 atom stereocenters. The van der Waals surface area contributed by atoms with Crippen LogP contribution in [0.25, 0.3) is 0 Å². The topological polar surface area (TPSA) is 12.0 Å². The summed E-state index contributed by atoms with van der Waals surface area (Å²) in [7, 11) is 0. The maximum atomic E-state index is 6.28. The van der Waals surface area contributed by atoms with E-state index in [9.17, 15) is 0 Å². The average molecular weight is 270 g/mol. The molecule has 3 heteroatoms. The Labute approximate surface area is 112 Å². The van der Waals surface area contributed by atoms with Gasteiger partial charge in [0.2, 0.25) is 0 Å². The van der Waals surface area contributed by atoms with Crippen LogP contribution in [0.2, 0.25) is 10.0 Å². The second kappa shape index (κ2) is 4.79. The smallest absolute Gasteiger partial charge is 0.0468 e. The average Bonchev–Trinajstić information content (AvgIpc) is 2.72. The number of benzene rings is 1. The molecule has 0 aromatic heterocycles. The van der Waals surface area contributed by atoms with Crippen molar-refractivity contribution >= 4 is 23.2 Å². The maximum Gasteiger partial charge on any atom is 0.0468 e. The minimum absolute atomic E-state index is 0.424. The first-order chi connectivity index (χ1) is 8.24. The molecule has 0 radical (unpaired) electrons. The highest BCUT2D eigenvalue weighted by Gasteiger charge is 2.36. The first-order valence-electron chi connectivity index (χ1n) is 6.45. The van der Waals surface area contributed by atoms with Gasteiger partial charge in [-0.2, -0.15) is 0 Å². The van der Waals surface area contributed by atoms with Gasteiger partial charge < -0.3 is 5.32 Å². The van der Waals surface area contributed by atoms with E-state index >= 15 is 0 Å². The van der Waals surface area contributed by atoms with Crippen LogP contribution >= 0.6 is 23.2 Å². The molecule has 1 N–H and O–H groups in total. The molecule has 0 bridgehead atoms. The molecule has 3 unspecified atom stereocenters. The van der Waals surface area contributed by atoms with E-state index < -0.39 is 0 Å². The molecule has 3 rings (SSSR count). The Balaban J connectivity index is 1.81. The largest absolute Gasteiger partial charge is 0.307 e. The van der Waals surface area contributed by atoms with E-state index in [-0.39, 0.29) is 0 Å². The summed E-state index contributed by atoms with van der Waals surface area (Å²) in [4.78, 5) is 0. The number of rotatable bonds is 1. The summed E-state index contributed by atoms with van der Waals surface area (Å²) in [5.41, 5.74) is 1.21. The molecule has 0 amide bonds. The predicted octanol–water partition coefficient (Wildman–Crippen LogP) is 4.59. The Hall–Kier alpha value is -0.240. The molecule has 1 nitrogen and oxygen atoms in total. The molecular formula is C14H17Cl2N. The van der Waals surface area contributed by atoms with Crippen molar-refractivity contribution < 1.29 is 0 Å². The molecular weight excluding hydrogens is 253 g/mol. The van der Waals surface area contributed by atoms with Crippen molar-refractivity contribution in [1.82, 2.24) is 5.32 Å². The van der Waals surface area contributed by atoms with Crippen molar-refractivity contribution in [1.29, 1.82) is 0 Å². The van der Waals surface area contributed by atoms with E-state index in [4.69, 9.17) is 23.2 Å². The van der Waals surface area contributed by atoms with E-state index in [2.05, 4.69) is 11.4 Å². The lowest BCUT2D eigenvalue weighted by molar-refractivity contribution is 0.325. The fourth-order valence-corrected chi connectivity index (χ4v) is 3.88. The van der Waals surface area contributed by atoms with Gasteiger partial charge in [-0.05, 0) is 42.9 Å². The summed E-state index contributed by atoms with van der Waals surface area (Å²) in [6, 6.07) is 6.99. The summed E-state index contributed by atoms with van der Waals surface area (Å²) in [6.07, 6.45) is 6.69. The Morgan fingerprint density at radius 2 is 1.94 bits per heavy atom. The number of halogens is 2. The molecule has 1 saturated heterocycles. The minimum Gasteiger partial charge on any atom is -0.307 e. The van der Waals surface area contributed by atoms with Crippen molar-refractivity contribution in [3.05, 3.63) is 33.8 Å². The third-order valence-electron chi connectivity index (χ3n) is 4.20. The molecule has 1 aliphatic heterocycles. The van der Waals surface area contributed by atoms with Crippen molar-refractivity contribution in [2.24, 2.45) is 5.92 Å². The highest BCUT2D eigenvalue weighted by Crippen LogP contribution is 2.41. The lowest BCUT2D eigenvalue weighted by Gasteiger charge is -2.24. The lowest BCUT2D eigenvalue weighted by atomic mass is 9.84. The van der Waals surface area contributed by atoms with Gasteiger partial charge in [0.25, 0.3) is 0 Å². The van der Waals surface area contributed by atoms with E-state index in [1.807, 2.05) is 12.1 Å². The van der Waals surface area contributed by atoms with E-state index in [1.54, 1.807) is 0 Å². The van der Waals surface area contributed by atoms with Crippen molar-refractivity contribution in [2.45, 2.75) is 44.2 Å². The van der Waals surface area contributed by atoms with Gasteiger partial charge in [-0.25, -0.2) is 0 Å². The highest BCUT2D eigenvalue weighted by molar-refractivity contribution is 6.35. The fourth-order valence-electron chi connectivity index (χ4n) is 3.34. The number of nitrogens with one attached hydrogen (secondary N) is 1. The summed E-state index contributed by atoms with van der Waals surface area (Å²) in [5, 5.41) is 5.26. The second-order valence-electron chi connectivity index (χ2n) is 5.27. The van der Waals surface area contributed by atoms with Crippen LogP contribution in [0.4, 0.5) is 0 Å². The normalized spacial score (nSPS) is 32.5. The first-order valence-corrected chi connectivity index (χ1v) is 7.20. The third kappa shape index (κ3) is 2.33. The van der Waals surface area contributed by atoms with Gasteiger partial charge in [-0.15, -0.1) is 0 Å².